The lowest BCUT2D eigenvalue weighted by Crippen LogP contribution is -2.47. The fraction of sp³-hybridized carbons (Fsp3) is 0.444. The van der Waals surface area contributed by atoms with Crippen LogP contribution in [0.25, 0.3) is 0 Å². The van der Waals surface area contributed by atoms with E-state index in [0.717, 1.165) is 28.9 Å². The molecule has 1 saturated carbocycles. The summed E-state index contributed by atoms with van der Waals surface area (Å²) in [5, 5.41) is 8.98. The van der Waals surface area contributed by atoms with Crippen molar-refractivity contribution in [3.8, 4) is 5.75 Å². The van der Waals surface area contributed by atoms with Gasteiger partial charge in [-0.25, -0.2) is 9.69 Å². The van der Waals surface area contributed by atoms with Crippen molar-refractivity contribution in [1.29, 1.82) is 0 Å². The molecule has 2 atom stereocenters. The van der Waals surface area contributed by atoms with Gasteiger partial charge in [-0.05, 0) is 55.4 Å². The lowest BCUT2D eigenvalue weighted by Gasteiger charge is -2.30. The number of aliphatic hydroxyl groups excluding tert-OH is 1. The Morgan fingerprint density at radius 1 is 1.23 bits per heavy atom. The summed E-state index contributed by atoms with van der Waals surface area (Å²) in [7, 11) is 0. The number of hydrogen-bond donors (Lipinski definition) is 1. The van der Waals surface area contributed by atoms with Gasteiger partial charge in [0.15, 0.2) is 0 Å². The van der Waals surface area contributed by atoms with Crippen molar-refractivity contribution in [2.45, 2.75) is 50.8 Å². The molecule has 8 nitrogen and oxygen atoms in total. The Hall–Kier alpha value is -3.39. The van der Waals surface area contributed by atoms with Gasteiger partial charge in [0, 0.05) is 24.6 Å². The molecule has 0 bridgehead atoms. The maximum Gasteiger partial charge on any atom is 0.418 e. The Bertz CT molecular complexity index is 1130. The van der Waals surface area contributed by atoms with E-state index in [0.29, 0.717) is 36.6 Å². The van der Waals surface area contributed by atoms with Gasteiger partial charge >= 0.3 is 6.09 Å². The van der Waals surface area contributed by atoms with Crippen LogP contribution in [0, 0.1) is 5.92 Å². The van der Waals surface area contributed by atoms with E-state index in [1.165, 1.54) is 0 Å². The number of carbonyl (C=O) groups excluding carboxylic acids is 3. The fourth-order valence-corrected chi connectivity index (χ4v) is 5.18. The Labute approximate surface area is 204 Å². The zero-order valence-corrected chi connectivity index (χ0v) is 19.8. The molecule has 3 aliphatic rings. The summed E-state index contributed by atoms with van der Waals surface area (Å²) in [4.78, 5) is 42.6. The van der Waals surface area contributed by atoms with Crippen LogP contribution in [-0.4, -0.2) is 58.6 Å². The van der Waals surface area contributed by atoms with Crippen molar-refractivity contribution in [3.05, 3.63) is 65.2 Å². The van der Waals surface area contributed by atoms with Crippen LogP contribution < -0.4 is 4.74 Å². The predicted molar refractivity (Wildman–Crippen MR) is 126 cm³/mol. The Morgan fingerprint density at radius 3 is 2.71 bits per heavy atom. The minimum Gasteiger partial charge on any atom is -0.491 e. The van der Waals surface area contributed by atoms with Crippen LogP contribution in [0.4, 0.5) is 4.79 Å². The summed E-state index contributed by atoms with van der Waals surface area (Å²) in [6, 6.07) is 15.0. The predicted octanol–water partition coefficient (Wildman–Crippen LogP) is 3.01. The minimum atomic E-state index is -1.39. The van der Waals surface area contributed by atoms with Crippen LogP contribution in [0.5, 0.6) is 5.75 Å². The lowest BCUT2D eigenvalue weighted by atomic mass is 9.95. The number of fused-ring (bicyclic) bond motifs is 2. The monoisotopic (exact) mass is 478 g/mol. The maximum absolute atomic E-state index is 13.5. The second-order valence-corrected chi connectivity index (χ2v) is 9.56. The number of benzene rings is 2. The van der Waals surface area contributed by atoms with E-state index in [4.69, 9.17) is 14.6 Å². The Kier molecular flexibility index (Phi) is 6.23. The van der Waals surface area contributed by atoms with Crippen LogP contribution in [0.3, 0.4) is 0 Å². The van der Waals surface area contributed by atoms with E-state index < -0.39 is 17.6 Å². The standard InChI is InChI=1S/C27H30N2O6/c1-18(20-7-8-20)28(16-19-5-3-2-4-6-19)24(31)17-29-25(32)27(35-26(29)33)12-11-21-15-22(34-14-13-30)9-10-23(21)27/h2-6,9-10,15,18,20,30H,7-8,11-14,16-17H2,1H3/t18-,27?/m0/s1. The molecule has 184 valence electrons. The molecule has 8 heteroatoms. The summed E-state index contributed by atoms with van der Waals surface area (Å²) >= 11 is 0. The highest BCUT2D eigenvalue weighted by atomic mass is 16.6. The van der Waals surface area contributed by atoms with Crippen LogP contribution >= 0.6 is 0 Å². The topological polar surface area (TPSA) is 96.4 Å². The third kappa shape index (κ3) is 4.38. The maximum atomic E-state index is 13.5. The van der Waals surface area contributed by atoms with Crippen molar-refractivity contribution in [3.63, 3.8) is 0 Å². The molecule has 0 aromatic heterocycles. The van der Waals surface area contributed by atoms with Crippen molar-refractivity contribution >= 4 is 17.9 Å². The highest BCUT2D eigenvalue weighted by Crippen LogP contribution is 2.46. The molecule has 2 aromatic carbocycles. The van der Waals surface area contributed by atoms with E-state index in [-0.39, 0.29) is 31.7 Å². The number of aliphatic hydroxyl groups is 1. The number of rotatable bonds is 9. The normalized spacial score (nSPS) is 21.7. The lowest BCUT2D eigenvalue weighted by molar-refractivity contribution is -0.143. The summed E-state index contributed by atoms with van der Waals surface area (Å²) in [6.45, 7) is 2.20. The summed E-state index contributed by atoms with van der Waals surface area (Å²) in [5.41, 5.74) is 1.11. The van der Waals surface area contributed by atoms with Gasteiger partial charge in [0.25, 0.3) is 5.91 Å². The quantitative estimate of drug-likeness (QED) is 0.595. The molecule has 1 heterocycles. The fourth-order valence-electron chi connectivity index (χ4n) is 5.18. The van der Waals surface area contributed by atoms with Crippen molar-refractivity contribution in [2.24, 2.45) is 5.92 Å². The minimum absolute atomic E-state index is 0.0231. The van der Waals surface area contributed by atoms with Gasteiger partial charge in [-0.2, -0.15) is 0 Å². The van der Waals surface area contributed by atoms with E-state index in [1.807, 2.05) is 43.3 Å². The summed E-state index contributed by atoms with van der Waals surface area (Å²) in [6.07, 6.45) is 2.25. The third-order valence-corrected chi connectivity index (χ3v) is 7.30. The van der Waals surface area contributed by atoms with E-state index >= 15 is 0 Å². The SMILES string of the molecule is C[C@@H](C1CC1)N(Cc1ccccc1)C(=O)CN1C(=O)OC2(CCc3cc(OCCO)ccc32)C1=O. The molecule has 1 aliphatic heterocycles. The van der Waals surface area contributed by atoms with Gasteiger partial charge in [0.1, 0.15) is 18.9 Å². The largest absolute Gasteiger partial charge is 0.491 e. The number of hydrogen-bond acceptors (Lipinski definition) is 6. The van der Waals surface area contributed by atoms with Crippen LogP contribution in [0.2, 0.25) is 0 Å². The highest BCUT2D eigenvalue weighted by molar-refractivity contribution is 6.06. The van der Waals surface area contributed by atoms with Crippen LogP contribution in [-0.2, 0) is 32.9 Å². The molecule has 1 unspecified atom stereocenters. The molecule has 0 radical (unpaired) electrons. The molecular formula is C27H30N2O6. The third-order valence-electron chi connectivity index (χ3n) is 7.30. The van der Waals surface area contributed by atoms with Crippen molar-refractivity contribution in [2.75, 3.05) is 19.8 Å². The zero-order chi connectivity index (χ0) is 24.6. The van der Waals surface area contributed by atoms with Crippen molar-refractivity contribution < 1.29 is 29.0 Å². The van der Waals surface area contributed by atoms with Gasteiger partial charge in [0.05, 0.1) is 6.61 Å². The number of amides is 3. The first-order valence-corrected chi connectivity index (χ1v) is 12.2. The second-order valence-electron chi connectivity index (χ2n) is 9.56. The molecule has 2 fully saturated rings. The van der Waals surface area contributed by atoms with E-state index in [1.54, 1.807) is 17.0 Å². The number of carbonyl (C=O) groups is 3. The smallest absolute Gasteiger partial charge is 0.418 e. The van der Waals surface area contributed by atoms with Gasteiger partial charge in [-0.1, -0.05) is 36.4 Å². The van der Waals surface area contributed by atoms with Gasteiger partial charge in [-0.3, -0.25) is 9.59 Å². The molecule has 5 rings (SSSR count). The van der Waals surface area contributed by atoms with Gasteiger partial charge in [0.2, 0.25) is 11.5 Å². The molecular weight excluding hydrogens is 448 g/mol. The number of nitrogens with zero attached hydrogens (tertiary/aromatic N) is 2. The summed E-state index contributed by atoms with van der Waals surface area (Å²) in [5.74, 6) is 0.280. The first-order chi connectivity index (χ1) is 16.9. The second kappa shape index (κ2) is 9.34. The molecule has 1 N–H and O–H groups in total. The van der Waals surface area contributed by atoms with Crippen LogP contribution in [0.15, 0.2) is 48.5 Å². The van der Waals surface area contributed by atoms with Gasteiger partial charge in [-0.15, -0.1) is 0 Å². The molecule has 1 spiro atoms. The molecule has 3 amide bonds. The van der Waals surface area contributed by atoms with E-state index in [9.17, 15) is 14.4 Å². The number of ether oxygens (including phenoxy) is 2. The number of aryl methyl sites for hydroxylation is 1. The number of imide groups is 1. The van der Waals surface area contributed by atoms with Crippen molar-refractivity contribution in [1.82, 2.24) is 9.80 Å². The Morgan fingerprint density at radius 2 is 2.00 bits per heavy atom. The first kappa shape index (κ1) is 23.4. The molecule has 1 saturated heterocycles. The average Bonchev–Trinajstić information content (AvgIpc) is 3.62. The molecule has 35 heavy (non-hydrogen) atoms. The van der Waals surface area contributed by atoms with Gasteiger partial charge < -0.3 is 19.5 Å². The molecule has 2 aromatic rings. The summed E-state index contributed by atoms with van der Waals surface area (Å²) < 4.78 is 11.2. The highest BCUT2D eigenvalue weighted by Gasteiger charge is 2.58. The van der Waals surface area contributed by atoms with Crippen LogP contribution in [0.1, 0.15) is 42.9 Å². The zero-order valence-electron chi connectivity index (χ0n) is 19.8. The van der Waals surface area contributed by atoms with E-state index in [2.05, 4.69) is 0 Å². The molecule has 2 aliphatic carbocycles. The average molecular weight is 479 g/mol. The Balaban J connectivity index is 1.34. The first-order valence-electron chi connectivity index (χ1n) is 12.2.